The summed E-state index contributed by atoms with van der Waals surface area (Å²) in [5.74, 6) is 1.81. The van der Waals surface area contributed by atoms with E-state index in [0.717, 1.165) is 68.7 Å². The van der Waals surface area contributed by atoms with Crippen LogP contribution >= 0.6 is 27.0 Å². The van der Waals surface area contributed by atoms with Gasteiger partial charge in [0.15, 0.2) is 0 Å². The van der Waals surface area contributed by atoms with Gasteiger partial charge in [0.25, 0.3) is 5.91 Å². The minimum Gasteiger partial charge on any atom is -0.481 e. The molecule has 285 valence electrons. The summed E-state index contributed by atoms with van der Waals surface area (Å²) in [6.45, 7) is 10.9. The first-order valence-electron chi connectivity index (χ1n) is 18.3. The second-order valence-corrected chi connectivity index (χ2v) is 15.4. The van der Waals surface area contributed by atoms with E-state index in [9.17, 15) is 9.59 Å². The Kier molecular flexibility index (Phi) is 14.9. The number of rotatable bonds is 10. The third kappa shape index (κ3) is 9.53. The Morgan fingerprint density at radius 2 is 1.56 bits per heavy atom. The molecule has 55 heavy (non-hydrogen) atoms. The number of aromatic amines is 1. The number of imidazole rings is 1. The Bertz CT molecular complexity index is 2190. The summed E-state index contributed by atoms with van der Waals surface area (Å²) in [7, 11) is 1.58. The number of hydrogen-bond acceptors (Lipinski definition) is 6. The number of hydrogen-bond donors (Lipinski definition) is 1. The molecule has 2 aromatic heterocycles. The number of nitrogens with one attached hydrogen (secondary N) is 1. The van der Waals surface area contributed by atoms with Gasteiger partial charge in [-0.2, -0.15) is 27.0 Å². The second-order valence-electron chi connectivity index (χ2n) is 15.4. The number of carbonyl (C=O) groups is 2. The van der Waals surface area contributed by atoms with Gasteiger partial charge in [-0.05, 0) is 52.0 Å². The average molecular weight is 851 g/mol. The minimum absolute atomic E-state index is 0. The summed E-state index contributed by atoms with van der Waals surface area (Å²) in [5.41, 5.74) is 7.63. The van der Waals surface area contributed by atoms with E-state index in [-0.39, 0.29) is 88.8 Å². The fourth-order valence-electron chi connectivity index (χ4n) is 7.31. The monoisotopic (exact) mass is 850 g/mol. The molecule has 0 spiro atoms. The van der Waals surface area contributed by atoms with Crippen LogP contribution in [0.3, 0.4) is 0 Å². The van der Waals surface area contributed by atoms with E-state index < -0.39 is 0 Å². The van der Waals surface area contributed by atoms with Crippen molar-refractivity contribution in [2.24, 2.45) is 16.3 Å². The van der Waals surface area contributed by atoms with Crippen molar-refractivity contribution < 1.29 is 47.0 Å². The number of carbonyl (C=O) groups excluding carboxylic acids is 2. The maximum absolute atomic E-state index is 14.0. The van der Waals surface area contributed by atoms with Gasteiger partial charge in [-0.15, -0.1) is 0 Å². The SMILES string of the molecule is COc1cc2ccccc2c(C(=O)N2CCC[C@H]2C2=NC=C(c3ccc(-c4ccc(-c5cnc([C@@H](CC(=O)C(C)(C)C)C(C)C)[nH]5)cc4)cc3)C2)n1.S.S.[Y]. The Morgan fingerprint density at radius 3 is 2.20 bits per heavy atom. The van der Waals surface area contributed by atoms with Crippen molar-refractivity contribution >= 4 is 60.7 Å². The van der Waals surface area contributed by atoms with Gasteiger partial charge in [0.1, 0.15) is 17.3 Å². The van der Waals surface area contributed by atoms with Gasteiger partial charge in [0.2, 0.25) is 5.88 Å². The van der Waals surface area contributed by atoms with E-state index in [1.807, 2.05) is 68.4 Å². The Balaban J connectivity index is 0.00000224. The van der Waals surface area contributed by atoms with Gasteiger partial charge in [-0.3, -0.25) is 14.6 Å². The van der Waals surface area contributed by atoms with E-state index in [1.54, 1.807) is 7.11 Å². The molecule has 3 aromatic carbocycles. The number of benzene rings is 3. The number of allylic oxidation sites excluding steroid dienone is 1. The van der Waals surface area contributed by atoms with Crippen molar-refractivity contribution in [3.8, 4) is 28.3 Å². The van der Waals surface area contributed by atoms with Crippen molar-refractivity contribution in [2.75, 3.05) is 13.7 Å². The smallest absolute Gasteiger partial charge is 0.273 e. The van der Waals surface area contributed by atoms with Crippen LogP contribution < -0.4 is 4.74 Å². The van der Waals surface area contributed by atoms with Crippen LogP contribution in [-0.4, -0.2) is 57.0 Å². The van der Waals surface area contributed by atoms with Gasteiger partial charge in [0.05, 0.1) is 25.0 Å². The van der Waals surface area contributed by atoms with E-state index in [4.69, 9.17) is 14.7 Å². The fourth-order valence-corrected chi connectivity index (χ4v) is 7.31. The van der Waals surface area contributed by atoms with Crippen LogP contribution in [0.4, 0.5) is 0 Å². The first-order valence-corrected chi connectivity index (χ1v) is 18.3. The van der Waals surface area contributed by atoms with Crippen LogP contribution in [0.5, 0.6) is 5.88 Å². The van der Waals surface area contributed by atoms with Crippen molar-refractivity contribution in [3.05, 3.63) is 108 Å². The molecule has 1 N–H and O–H groups in total. The molecule has 2 aliphatic heterocycles. The summed E-state index contributed by atoms with van der Waals surface area (Å²) in [5, 5.41) is 1.76. The molecule has 1 saturated heterocycles. The molecule has 0 aliphatic carbocycles. The number of Topliss-reactive ketones (excluding diaryl/α,β-unsaturated/α-hetero) is 1. The number of aromatic nitrogens is 3. The number of aliphatic imine (C=N–C) groups is 1. The van der Waals surface area contributed by atoms with Crippen LogP contribution in [-0.2, 0) is 37.5 Å². The fraction of sp³-hybridized carbons (Fsp3) is 0.341. The largest absolute Gasteiger partial charge is 0.481 e. The first kappa shape index (κ1) is 44.2. The zero-order chi connectivity index (χ0) is 36.6. The molecule has 2 aliphatic rings. The normalized spacial score (nSPS) is 15.8. The van der Waals surface area contributed by atoms with Gasteiger partial charge in [-0.25, -0.2) is 9.97 Å². The molecule has 5 aromatic rings. The molecule has 1 fully saturated rings. The molecule has 0 bridgehead atoms. The number of likely N-dealkylation sites (tertiary alicyclic amines) is 1. The number of fused-ring (bicyclic) bond motifs is 1. The number of nitrogens with zero attached hydrogens (tertiary/aromatic N) is 4. The van der Waals surface area contributed by atoms with E-state index in [1.165, 1.54) is 0 Å². The maximum Gasteiger partial charge on any atom is 0.273 e. The standard InChI is InChI=1S/C44H47N5O3.2H2S.Y/c1-27(2)35(24-39(50)44(3,4)5)42-46-26-37(47-42)31-19-17-29(18-20-31)28-13-15-30(16-14-28)33-22-36(45-25-33)38-12-9-21-49(38)43(51)41-34-11-8-7-10-32(34)23-40(48-41)52-6;;;/h7-8,10-11,13-20,23,25-27,35,38H,9,12,21-22,24H2,1-6H3,(H,46,47);2*1H2;/t35-,38-;;;/m0.../s1. The van der Waals surface area contributed by atoms with E-state index in [0.29, 0.717) is 36.9 Å². The van der Waals surface area contributed by atoms with E-state index >= 15 is 0 Å². The average Bonchev–Trinajstić information content (AvgIpc) is 3.94. The van der Waals surface area contributed by atoms with Crippen LogP contribution in [0, 0.1) is 11.3 Å². The third-order valence-corrected chi connectivity index (χ3v) is 10.6. The number of ether oxygens (including phenoxy) is 1. The number of methoxy groups -OCH3 is 1. The van der Waals surface area contributed by atoms with Gasteiger partial charge in [-0.1, -0.05) is 107 Å². The molecule has 7 rings (SSSR count). The Labute approximate surface area is 363 Å². The van der Waals surface area contributed by atoms with Crippen molar-refractivity contribution in [3.63, 3.8) is 0 Å². The first-order chi connectivity index (χ1) is 25.0. The van der Waals surface area contributed by atoms with Crippen molar-refractivity contribution in [1.82, 2.24) is 19.9 Å². The summed E-state index contributed by atoms with van der Waals surface area (Å²) in [6.07, 6.45) is 6.84. The molecular formula is C44H51N5O3S2Y. The van der Waals surface area contributed by atoms with Crippen molar-refractivity contribution in [2.45, 2.75) is 72.3 Å². The summed E-state index contributed by atoms with van der Waals surface area (Å²) < 4.78 is 5.43. The molecule has 2 atom stereocenters. The maximum atomic E-state index is 14.0. The Hall–Kier alpha value is -3.57. The Morgan fingerprint density at radius 1 is 0.927 bits per heavy atom. The molecule has 0 saturated carbocycles. The zero-order valence-electron chi connectivity index (χ0n) is 32.5. The van der Waals surface area contributed by atoms with Gasteiger partial charge in [0, 0.05) is 86.8 Å². The number of pyridine rings is 1. The summed E-state index contributed by atoms with van der Waals surface area (Å²) in [6, 6.07) is 26.7. The summed E-state index contributed by atoms with van der Waals surface area (Å²) in [4.78, 5) is 46.4. The molecule has 1 radical (unpaired) electrons. The predicted octanol–water partition coefficient (Wildman–Crippen LogP) is 9.76. The number of H-pyrrole nitrogens is 1. The van der Waals surface area contributed by atoms with Gasteiger partial charge < -0.3 is 14.6 Å². The van der Waals surface area contributed by atoms with Crippen LogP contribution in [0.1, 0.15) is 88.1 Å². The van der Waals surface area contributed by atoms with Crippen LogP contribution in [0.25, 0.3) is 38.7 Å². The number of ketones is 1. The van der Waals surface area contributed by atoms with Crippen molar-refractivity contribution in [1.29, 1.82) is 0 Å². The second kappa shape index (κ2) is 18.6. The quantitative estimate of drug-likeness (QED) is 0.151. The third-order valence-electron chi connectivity index (χ3n) is 10.6. The van der Waals surface area contributed by atoms with E-state index in [2.05, 4.69) is 72.3 Å². The van der Waals surface area contributed by atoms with Gasteiger partial charge >= 0.3 is 0 Å². The molecule has 0 unspecified atom stereocenters. The molecule has 11 heteroatoms. The topological polar surface area (TPSA) is 101 Å². The minimum atomic E-state index is -0.368. The van der Waals surface area contributed by atoms with Crippen LogP contribution in [0.15, 0.2) is 96.3 Å². The van der Waals surface area contributed by atoms with Crippen LogP contribution in [0.2, 0.25) is 0 Å². The zero-order valence-corrected chi connectivity index (χ0v) is 37.4. The number of amides is 1. The predicted molar refractivity (Wildman–Crippen MR) is 229 cm³/mol. The molecule has 4 heterocycles. The molecule has 8 nitrogen and oxygen atoms in total. The molecular weight excluding hydrogens is 800 g/mol. The summed E-state index contributed by atoms with van der Waals surface area (Å²) >= 11 is 0. The molecule has 1 amide bonds.